The van der Waals surface area contributed by atoms with Crippen LogP contribution in [0.15, 0.2) is 17.8 Å². The van der Waals surface area contributed by atoms with Crippen molar-refractivity contribution in [2.24, 2.45) is 0 Å². The second-order valence-electron chi connectivity index (χ2n) is 2.38. The molecule has 0 aliphatic carbocycles. The van der Waals surface area contributed by atoms with Gasteiger partial charge in [0, 0.05) is 5.10 Å². The zero-order valence-electron chi connectivity index (χ0n) is 7.11. The fraction of sp³-hybridized carbons (Fsp3) is 0.200. The van der Waals surface area contributed by atoms with Crippen LogP contribution in [0, 0.1) is 10.1 Å². The van der Waals surface area contributed by atoms with Gasteiger partial charge in [-0.25, -0.2) is 0 Å². The highest BCUT2D eigenvalue weighted by atomic mass is 32.2. The third-order valence-electron chi connectivity index (χ3n) is 1.31. The molecule has 0 unspecified atom stereocenters. The smallest absolute Gasteiger partial charge is 0.390 e. The fourth-order valence-corrected chi connectivity index (χ4v) is 1.27. The summed E-state index contributed by atoms with van der Waals surface area (Å²) in [5.41, 5.74) is 0. The molecule has 9 heteroatoms. The Balaban J connectivity index is 3.23. The summed E-state index contributed by atoms with van der Waals surface area (Å²) < 4.78 is 23.0. The molecule has 0 bridgehead atoms. The highest BCUT2D eigenvalue weighted by molar-refractivity contribution is 7.93. The lowest BCUT2D eigenvalue weighted by molar-refractivity contribution is -0.394. The van der Waals surface area contributed by atoms with Gasteiger partial charge in [-0.2, -0.15) is 8.42 Å². The highest BCUT2D eigenvalue weighted by Crippen LogP contribution is 2.08. The normalized spacial score (nSPS) is 11.2. The third kappa shape index (κ3) is 1.62. The molecule has 1 rings (SSSR count). The molecular weight excluding hydrogens is 212 g/mol. The molecule has 14 heavy (non-hydrogen) atoms. The molecule has 1 aromatic rings. The first-order valence-corrected chi connectivity index (χ1v) is 4.77. The van der Waals surface area contributed by atoms with Crippen molar-refractivity contribution in [1.82, 2.24) is 14.2 Å². The van der Waals surface area contributed by atoms with Crippen LogP contribution in [0.1, 0.15) is 6.92 Å². The van der Waals surface area contributed by atoms with Crippen LogP contribution in [-0.4, -0.2) is 27.5 Å². The van der Waals surface area contributed by atoms with E-state index in [-0.39, 0.29) is 4.91 Å². The van der Waals surface area contributed by atoms with Crippen LogP contribution in [0.4, 0.5) is 5.95 Å². The summed E-state index contributed by atoms with van der Waals surface area (Å²) >= 11 is 0. The average molecular weight is 218 g/mol. The monoisotopic (exact) mass is 218 g/mol. The van der Waals surface area contributed by atoms with Crippen molar-refractivity contribution >= 4 is 16.0 Å². The minimum Gasteiger partial charge on any atom is -0.390 e. The predicted octanol–water partition coefficient (Wildman–Crippen LogP) is -0.102. The summed E-state index contributed by atoms with van der Waals surface area (Å²) in [6.07, 6.45) is 0.752. The Morgan fingerprint density at radius 1 is 1.71 bits per heavy atom. The minimum absolute atomic E-state index is 0.169. The number of aromatic nitrogens is 3. The molecule has 0 amide bonds. The van der Waals surface area contributed by atoms with Gasteiger partial charge in [-0.05, 0) is 16.8 Å². The maximum absolute atomic E-state index is 11.3. The quantitative estimate of drug-likeness (QED) is 0.517. The molecular formula is C5H6N4O4S. The summed E-state index contributed by atoms with van der Waals surface area (Å²) in [6, 6.07) is 0. The molecule has 0 aliphatic rings. The molecule has 0 saturated heterocycles. The molecule has 8 nitrogen and oxygen atoms in total. The van der Waals surface area contributed by atoms with Crippen molar-refractivity contribution in [3.63, 3.8) is 0 Å². The van der Waals surface area contributed by atoms with Gasteiger partial charge in [0.05, 0.1) is 4.91 Å². The van der Waals surface area contributed by atoms with Crippen LogP contribution in [0.5, 0.6) is 0 Å². The van der Waals surface area contributed by atoms with Crippen LogP contribution in [0.25, 0.3) is 0 Å². The Labute approximate surface area is 79.1 Å². The Kier molecular flexibility index (Phi) is 2.34. The SMILES string of the molecule is C=C(C)S(=O)(=O)n1cnc([N+](=O)[O-])n1. The van der Waals surface area contributed by atoms with Gasteiger partial charge in [0.1, 0.15) is 0 Å². The standard InChI is InChI=1S/C5H6N4O4S/c1-4(2)14(12,13)8-3-6-5(7-8)9(10)11/h3H,1H2,2H3. The van der Waals surface area contributed by atoms with E-state index in [4.69, 9.17) is 0 Å². The minimum atomic E-state index is -3.85. The third-order valence-corrected chi connectivity index (χ3v) is 2.86. The van der Waals surface area contributed by atoms with Gasteiger partial charge in [-0.1, -0.05) is 10.7 Å². The predicted molar refractivity (Wildman–Crippen MR) is 45.8 cm³/mol. The maximum Gasteiger partial charge on any atom is 0.492 e. The van der Waals surface area contributed by atoms with E-state index in [2.05, 4.69) is 16.7 Å². The Morgan fingerprint density at radius 2 is 2.29 bits per heavy atom. The molecule has 1 heterocycles. The van der Waals surface area contributed by atoms with Crippen LogP contribution in [0.3, 0.4) is 0 Å². The topological polar surface area (TPSA) is 108 Å². The van der Waals surface area contributed by atoms with E-state index in [0.717, 1.165) is 6.33 Å². The molecule has 0 fully saturated rings. The zero-order chi connectivity index (χ0) is 10.9. The summed E-state index contributed by atoms with van der Waals surface area (Å²) in [5, 5.41) is 13.3. The number of hydrogen-bond acceptors (Lipinski definition) is 6. The van der Waals surface area contributed by atoms with Crippen molar-refractivity contribution in [3.05, 3.63) is 27.9 Å². The first-order valence-electron chi connectivity index (χ1n) is 3.33. The number of nitrogens with zero attached hydrogens (tertiary/aromatic N) is 4. The van der Waals surface area contributed by atoms with Gasteiger partial charge >= 0.3 is 5.95 Å². The number of hydrogen-bond donors (Lipinski definition) is 0. The van der Waals surface area contributed by atoms with Crippen LogP contribution >= 0.6 is 0 Å². The van der Waals surface area contributed by atoms with Gasteiger partial charge in [0.2, 0.25) is 6.33 Å². The molecule has 0 aromatic carbocycles. The lowest BCUT2D eigenvalue weighted by Crippen LogP contribution is -2.13. The van der Waals surface area contributed by atoms with Gasteiger partial charge < -0.3 is 10.1 Å². The van der Waals surface area contributed by atoms with Gasteiger partial charge in [0.25, 0.3) is 10.0 Å². The highest BCUT2D eigenvalue weighted by Gasteiger charge is 2.23. The van der Waals surface area contributed by atoms with E-state index in [1.165, 1.54) is 6.92 Å². The largest absolute Gasteiger partial charge is 0.492 e. The molecule has 0 atom stereocenters. The van der Waals surface area contributed by atoms with E-state index in [1.807, 2.05) is 0 Å². The Morgan fingerprint density at radius 3 is 2.64 bits per heavy atom. The lowest BCUT2D eigenvalue weighted by atomic mass is 10.8. The van der Waals surface area contributed by atoms with E-state index >= 15 is 0 Å². The molecule has 1 aromatic heterocycles. The van der Waals surface area contributed by atoms with Crippen LogP contribution in [0.2, 0.25) is 0 Å². The fourth-order valence-electron chi connectivity index (χ4n) is 0.600. The van der Waals surface area contributed by atoms with E-state index in [9.17, 15) is 18.5 Å². The van der Waals surface area contributed by atoms with Crippen molar-refractivity contribution in [1.29, 1.82) is 0 Å². The molecule has 0 N–H and O–H groups in total. The van der Waals surface area contributed by atoms with E-state index in [0.29, 0.717) is 4.09 Å². The summed E-state index contributed by atoms with van der Waals surface area (Å²) in [7, 11) is -3.85. The van der Waals surface area contributed by atoms with Crippen molar-refractivity contribution in [2.75, 3.05) is 0 Å². The zero-order valence-corrected chi connectivity index (χ0v) is 7.93. The molecule has 0 spiro atoms. The second kappa shape index (κ2) is 3.18. The Hall–Kier alpha value is -1.77. The average Bonchev–Trinajstić information content (AvgIpc) is 2.51. The molecule has 0 radical (unpaired) electrons. The maximum atomic E-state index is 11.3. The number of nitro groups is 1. The van der Waals surface area contributed by atoms with Crippen LogP contribution in [-0.2, 0) is 10.0 Å². The van der Waals surface area contributed by atoms with E-state index < -0.39 is 20.9 Å². The molecule has 0 saturated carbocycles. The van der Waals surface area contributed by atoms with Crippen molar-refractivity contribution in [2.45, 2.75) is 6.92 Å². The van der Waals surface area contributed by atoms with Crippen molar-refractivity contribution in [3.8, 4) is 0 Å². The van der Waals surface area contributed by atoms with E-state index in [1.54, 1.807) is 0 Å². The summed E-state index contributed by atoms with van der Waals surface area (Å²) in [5.74, 6) is -0.769. The van der Waals surface area contributed by atoms with Gasteiger partial charge in [-0.15, -0.1) is 0 Å². The van der Waals surface area contributed by atoms with Gasteiger partial charge in [-0.3, -0.25) is 0 Å². The Bertz CT molecular complexity index is 488. The first kappa shape index (κ1) is 10.3. The second-order valence-corrected chi connectivity index (χ2v) is 4.40. The van der Waals surface area contributed by atoms with Crippen LogP contribution < -0.4 is 0 Å². The first-order chi connectivity index (χ1) is 6.35. The molecule has 0 aliphatic heterocycles. The molecule has 76 valence electrons. The van der Waals surface area contributed by atoms with Gasteiger partial charge in [0.15, 0.2) is 0 Å². The number of allylic oxidation sites excluding steroid dienone is 1. The summed E-state index contributed by atoms with van der Waals surface area (Å²) in [6.45, 7) is 4.46. The lowest BCUT2D eigenvalue weighted by Gasteiger charge is -1.96. The van der Waals surface area contributed by atoms with Crippen molar-refractivity contribution < 1.29 is 13.3 Å². The summed E-state index contributed by atoms with van der Waals surface area (Å²) in [4.78, 5) is 12.3. The number of rotatable bonds is 3.